The van der Waals surface area contributed by atoms with Gasteiger partial charge in [-0.15, -0.1) is 0 Å². The normalized spacial score (nSPS) is 22.4. The lowest BCUT2D eigenvalue weighted by Crippen LogP contribution is -2.31. The van der Waals surface area contributed by atoms with Gasteiger partial charge in [0, 0.05) is 26.2 Å². The van der Waals surface area contributed by atoms with E-state index in [2.05, 4.69) is 15.7 Å². The van der Waals surface area contributed by atoms with Gasteiger partial charge >= 0.3 is 0 Å². The predicted octanol–water partition coefficient (Wildman–Crippen LogP) is 0.300. The van der Waals surface area contributed by atoms with Crippen molar-refractivity contribution in [2.45, 2.75) is 25.8 Å². The highest BCUT2D eigenvalue weighted by Gasteiger charge is 2.57. The number of aromatic nitrogens is 2. The maximum absolute atomic E-state index is 12.3. The molecule has 120 valence electrons. The van der Waals surface area contributed by atoms with Crippen LogP contribution >= 0.6 is 0 Å². The van der Waals surface area contributed by atoms with Gasteiger partial charge in [-0.1, -0.05) is 0 Å². The third-order valence-corrected chi connectivity index (χ3v) is 4.80. The van der Waals surface area contributed by atoms with Crippen LogP contribution in [0.2, 0.25) is 0 Å². The monoisotopic (exact) mass is 305 g/mol. The molecule has 2 fully saturated rings. The Bertz CT molecular complexity index is 574. The number of rotatable bonds is 4. The minimum Gasteiger partial charge on any atom is -0.347 e. The predicted molar refractivity (Wildman–Crippen MR) is 82.2 cm³/mol. The van der Waals surface area contributed by atoms with Crippen molar-refractivity contribution in [1.29, 1.82) is 0 Å². The van der Waals surface area contributed by atoms with Crippen LogP contribution in [-0.4, -0.2) is 53.7 Å². The third-order valence-electron chi connectivity index (χ3n) is 4.80. The second-order valence-corrected chi connectivity index (χ2v) is 6.57. The van der Waals surface area contributed by atoms with E-state index in [-0.39, 0.29) is 29.7 Å². The summed E-state index contributed by atoms with van der Waals surface area (Å²) in [5.41, 5.74) is 0.888. The van der Waals surface area contributed by atoms with E-state index in [0.717, 1.165) is 32.4 Å². The average molecular weight is 305 g/mol. The number of nitrogens with zero attached hydrogens (tertiary/aromatic N) is 3. The fraction of sp³-hybridized carbons (Fsp3) is 0.667. The molecule has 0 radical (unpaired) electrons. The molecule has 1 atom stereocenters. The second-order valence-electron chi connectivity index (χ2n) is 6.57. The van der Waals surface area contributed by atoms with Gasteiger partial charge in [0.15, 0.2) is 0 Å². The van der Waals surface area contributed by atoms with Gasteiger partial charge in [-0.2, -0.15) is 5.10 Å². The molecule has 7 nitrogen and oxygen atoms in total. The van der Waals surface area contributed by atoms with Crippen molar-refractivity contribution < 1.29 is 9.59 Å². The lowest BCUT2D eigenvalue weighted by molar-refractivity contribution is -0.129. The van der Waals surface area contributed by atoms with E-state index in [1.165, 1.54) is 4.90 Å². The van der Waals surface area contributed by atoms with E-state index in [4.69, 9.17) is 0 Å². The van der Waals surface area contributed by atoms with Crippen molar-refractivity contribution in [3.05, 3.63) is 12.4 Å². The maximum atomic E-state index is 12.3. The van der Waals surface area contributed by atoms with Crippen LogP contribution in [0, 0.1) is 11.3 Å². The summed E-state index contributed by atoms with van der Waals surface area (Å²) in [6.45, 7) is 2.20. The molecule has 1 saturated heterocycles. The molecule has 2 N–H and O–H groups in total. The van der Waals surface area contributed by atoms with Crippen molar-refractivity contribution in [3.63, 3.8) is 0 Å². The fourth-order valence-electron chi connectivity index (χ4n) is 3.22. The Kier molecular flexibility index (Phi) is 3.90. The molecule has 1 spiro atoms. The minimum atomic E-state index is -0.0307. The van der Waals surface area contributed by atoms with Crippen LogP contribution in [0.4, 0.5) is 5.69 Å². The molecular weight excluding hydrogens is 282 g/mol. The van der Waals surface area contributed by atoms with Crippen LogP contribution < -0.4 is 10.6 Å². The summed E-state index contributed by atoms with van der Waals surface area (Å²) in [6, 6.07) is 0. The van der Waals surface area contributed by atoms with Gasteiger partial charge in [0.05, 0.1) is 11.9 Å². The van der Waals surface area contributed by atoms with Crippen molar-refractivity contribution in [2.24, 2.45) is 11.3 Å². The quantitative estimate of drug-likeness (QED) is 0.838. The third kappa shape index (κ3) is 2.99. The first kappa shape index (κ1) is 15.0. The lowest BCUT2D eigenvalue weighted by Gasteiger charge is -2.23. The lowest BCUT2D eigenvalue weighted by atomic mass is 9.92. The number of likely N-dealkylation sites (N-methyl/N-ethyl adjacent to an activating group) is 1. The van der Waals surface area contributed by atoms with Gasteiger partial charge in [-0.25, -0.2) is 0 Å². The molecule has 2 heterocycles. The zero-order valence-corrected chi connectivity index (χ0v) is 13.1. The van der Waals surface area contributed by atoms with Crippen LogP contribution in [0.3, 0.4) is 0 Å². The van der Waals surface area contributed by atoms with Crippen LogP contribution in [-0.2, 0) is 16.1 Å². The highest BCUT2D eigenvalue weighted by atomic mass is 16.2. The van der Waals surface area contributed by atoms with E-state index in [9.17, 15) is 9.59 Å². The molecule has 2 amide bonds. The Morgan fingerprint density at radius 1 is 1.45 bits per heavy atom. The van der Waals surface area contributed by atoms with Crippen LogP contribution in [0.15, 0.2) is 12.4 Å². The van der Waals surface area contributed by atoms with Crippen molar-refractivity contribution in [2.75, 3.05) is 32.5 Å². The molecule has 1 saturated carbocycles. The molecule has 1 aromatic heterocycles. The Hall–Kier alpha value is -1.89. The van der Waals surface area contributed by atoms with Gasteiger partial charge in [-0.05, 0) is 37.8 Å². The first-order valence-corrected chi connectivity index (χ1v) is 7.74. The van der Waals surface area contributed by atoms with Crippen LogP contribution in [0.25, 0.3) is 0 Å². The minimum absolute atomic E-state index is 0.0307. The summed E-state index contributed by atoms with van der Waals surface area (Å²) in [5.74, 6) is 0.179. The number of anilines is 1. The summed E-state index contributed by atoms with van der Waals surface area (Å²) in [6.07, 6.45) is 6.46. The molecular formula is C15H23N5O2. The van der Waals surface area contributed by atoms with E-state index in [1.54, 1.807) is 31.2 Å². The summed E-state index contributed by atoms with van der Waals surface area (Å²) in [5, 5.41) is 10.4. The Morgan fingerprint density at radius 2 is 2.18 bits per heavy atom. The topological polar surface area (TPSA) is 79.3 Å². The van der Waals surface area contributed by atoms with Crippen LogP contribution in [0.1, 0.15) is 19.3 Å². The van der Waals surface area contributed by atoms with Crippen molar-refractivity contribution in [1.82, 2.24) is 20.0 Å². The number of hydrogen-bond donors (Lipinski definition) is 2. The van der Waals surface area contributed by atoms with Gasteiger partial charge in [-0.3, -0.25) is 14.3 Å². The van der Waals surface area contributed by atoms with Crippen LogP contribution in [0.5, 0.6) is 0 Å². The molecule has 1 aliphatic carbocycles. The molecule has 0 aromatic carbocycles. The largest absolute Gasteiger partial charge is 0.347 e. The SMILES string of the molecule is CN(C)C(=O)Cn1cc(NC(=O)C2CC23CCNCC3)cn1. The molecule has 22 heavy (non-hydrogen) atoms. The Morgan fingerprint density at radius 3 is 2.86 bits per heavy atom. The summed E-state index contributed by atoms with van der Waals surface area (Å²) < 4.78 is 1.55. The molecule has 0 bridgehead atoms. The number of amides is 2. The first-order chi connectivity index (χ1) is 10.5. The van der Waals surface area contributed by atoms with Crippen molar-refractivity contribution in [3.8, 4) is 0 Å². The van der Waals surface area contributed by atoms with E-state index < -0.39 is 0 Å². The Balaban J connectivity index is 1.54. The number of carbonyl (C=O) groups excluding carboxylic acids is 2. The van der Waals surface area contributed by atoms with Crippen molar-refractivity contribution >= 4 is 17.5 Å². The summed E-state index contributed by atoms with van der Waals surface area (Å²) >= 11 is 0. The number of hydrogen-bond acceptors (Lipinski definition) is 4. The smallest absolute Gasteiger partial charge is 0.243 e. The van der Waals surface area contributed by atoms with Gasteiger partial charge < -0.3 is 15.5 Å². The average Bonchev–Trinajstić information content (AvgIpc) is 2.99. The zero-order valence-electron chi connectivity index (χ0n) is 13.1. The highest BCUT2D eigenvalue weighted by Crippen LogP contribution is 2.58. The zero-order chi connectivity index (χ0) is 15.7. The molecule has 2 aliphatic rings. The molecule has 7 heteroatoms. The molecule has 1 aromatic rings. The summed E-state index contributed by atoms with van der Waals surface area (Å²) in [4.78, 5) is 25.5. The van der Waals surface area contributed by atoms with E-state index in [1.807, 2.05) is 0 Å². The molecule has 3 rings (SSSR count). The summed E-state index contributed by atoms with van der Waals surface area (Å²) in [7, 11) is 3.42. The number of nitrogens with one attached hydrogen (secondary N) is 2. The maximum Gasteiger partial charge on any atom is 0.243 e. The van der Waals surface area contributed by atoms with E-state index >= 15 is 0 Å². The Labute approximate surface area is 130 Å². The second kappa shape index (κ2) is 5.72. The standard InChI is InChI=1S/C15H23N5O2/c1-19(2)13(21)10-20-9-11(8-17-20)18-14(22)12-7-15(12)3-5-16-6-4-15/h8-9,12,16H,3-7,10H2,1-2H3,(H,18,22). The number of carbonyl (C=O) groups is 2. The van der Waals surface area contributed by atoms with Gasteiger partial charge in [0.2, 0.25) is 11.8 Å². The highest BCUT2D eigenvalue weighted by molar-refractivity contribution is 5.94. The van der Waals surface area contributed by atoms with Gasteiger partial charge in [0.25, 0.3) is 0 Å². The fourth-order valence-corrected chi connectivity index (χ4v) is 3.22. The first-order valence-electron chi connectivity index (χ1n) is 7.74. The van der Waals surface area contributed by atoms with Gasteiger partial charge in [0.1, 0.15) is 6.54 Å². The molecule has 1 aliphatic heterocycles. The number of piperidine rings is 1. The molecule has 1 unspecified atom stereocenters. The van der Waals surface area contributed by atoms with E-state index in [0.29, 0.717) is 5.69 Å².